The molecule has 3 aromatic rings. The van der Waals surface area contributed by atoms with Crippen LogP contribution in [-0.2, 0) is 13.0 Å². The molecule has 0 bridgehead atoms. The molecule has 0 saturated carbocycles. The van der Waals surface area contributed by atoms with Crippen LogP contribution in [0.1, 0.15) is 35.2 Å². The van der Waals surface area contributed by atoms with Crippen molar-refractivity contribution >= 4 is 11.6 Å². The van der Waals surface area contributed by atoms with E-state index in [0.29, 0.717) is 11.4 Å². The van der Waals surface area contributed by atoms with Gasteiger partial charge in [-0.3, -0.25) is 9.59 Å². The molecular weight excluding hydrogens is 400 g/mol. The Bertz CT molecular complexity index is 1060. The third-order valence-corrected chi connectivity index (χ3v) is 6.03. The van der Waals surface area contributed by atoms with Crippen LogP contribution < -0.4 is 10.9 Å². The van der Waals surface area contributed by atoms with Gasteiger partial charge in [0.2, 0.25) is 0 Å². The highest BCUT2D eigenvalue weighted by molar-refractivity contribution is 5.95. The summed E-state index contributed by atoms with van der Waals surface area (Å²) >= 11 is 0. The summed E-state index contributed by atoms with van der Waals surface area (Å²) < 4.78 is 1.43. The first-order chi connectivity index (χ1) is 15.7. The fraction of sp³-hybridized carbons (Fsp3) is 0.346. The number of anilines is 1. The van der Waals surface area contributed by atoms with Crippen molar-refractivity contribution in [2.75, 3.05) is 25.0 Å². The van der Waals surface area contributed by atoms with E-state index in [-0.39, 0.29) is 23.9 Å². The summed E-state index contributed by atoms with van der Waals surface area (Å²) in [5, 5.41) is 3.32. The van der Waals surface area contributed by atoms with Gasteiger partial charge in [-0.1, -0.05) is 60.7 Å². The van der Waals surface area contributed by atoms with Gasteiger partial charge < -0.3 is 14.8 Å². The van der Waals surface area contributed by atoms with Crippen molar-refractivity contribution in [1.29, 1.82) is 0 Å². The highest BCUT2D eigenvalue weighted by Gasteiger charge is 2.20. The number of rotatable bonds is 9. The summed E-state index contributed by atoms with van der Waals surface area (Å²) in [6.45, 7) is 3.14. The number of nitrogens with zero attached hydrogens (tertiary/aromatic N) is 3. The van der Waals surface area contributed by atoms with E-state index in [1.165, 1.54) is 10.1 Å². The molecule has 0 radical (unpaired) electrons. The van der Waals surface area contributed by atoms with Gasteiger partial charge in [-0.25, -0.2) is 4.98 Å². The molecule has 6 nitrogen and oxygen atoms in total. The van der Waals surface area contributed by atoms with Crippen molar-refractivity contribution in [2.24, 2.45) is 0 Å². The maximum absolute atomic E-state index is 12.8. The molecule has 1 aliphatic rings. The minimum atomic E-state index is -0.248. The van der Waals surface area contributed by atoms with E-state index in [1.807, 2.05) is 18.2 Å². The Morgan fingerprint density at radius 1 is 1.00 bits per heavy atom. The largest absolute Gasteiger partial charge is 0.363 e. The zero-order valence-electron chi connectivity index (χ0n) is 18.3. The molecule has 0 amide bonds. The summed E-state index contributed by atoms with van der Waals surface area (Å²) in [5.41, 5.74) is 1.74. The molecule has 1 aliphatic heterocycles. The number of hydrogen-bond acceptors (Lipinski definition) is 5. The fourth-order valence-corrected chi connectivity index (χ4v) is 4.19. The summed E-state index contributed by atoms with van der Waals surface area (Å²) in [5.74, 6) is 0.240. The highest BCUT2D eigenvalue weighted by atomic mass is 16.1. The molecule has 0 aliphatic carbocycles. The quantitative estimate of drug-likeness (QED) is 0.525. The third kappa shape index (κ3) is 5.92. The molecule has 2 aromatic carbocycles. The number of Topliss-reactive ketones (excluding diaryl/α,β-unsaturated/α-hetero) is 1. The van der Waals surface area contributed by atoms with Gasteiger partial charge in [0, 0.05) is 37.1 Å². The van der Waals surface area contributed by atoms with Crippen LogP contribution in [0.3, 0.4) is 0 Å². The lowest BCUT2D eigenvalue weighted by atomic mass is 10.0. The topological polar surface area (TPSA) is 67.2 Å². The van der Waals surface area contributed by atoms with Gasteiger partial charge in [0.25, 0.3) is 5.56 Å². The molecule has 1 N–H and O–H groups in total. The first kappa shape index (κ1) is 22.0. The van der Waals surface area contributed by atoms with Crippen LogP contribution in [0.5, 0.6) is 0 Å². The van der Waals surface area contributed by atoms with E-state index < -0.39 is 0 Å². The number of carbonyl (C=O) groups is 1. The summed E-state index contributed by atoms with van der Waals surface area (Å²) in [6.07, 6.45) is 7.37. The molecule has 32 heavy (non-hydrogen) atoms. The summed E-state index contributed by atoms with van der Waals surface area (Å²) in [4.78, 5) is 32.0. The standard InChI is InChI=1S/C26H30N4O2/c31-24(22-11-5-2-6-12-22)20-30-19-15-27-25(26(30)32)28-23-13-17-29(18-14-23)16-7-10-21-8-3-1-4-9-21/h1-6,8-9,11-12,15,19,23H,7,10,13-14,16-18,20H2,(H,27,28). The molecule has 1 saturated heterocycles. The van der Waals surface area contributed by atoms with Crippen molar-refractivity contribution in [1.82, 2.24) is 14.5 Å². The second-order valence-corrected chi connectivity index (χ2v) is 8.35. The van der Waals surface area contributed by atoms with Crippen molar-refractivity contribution in [3.63, 3.8) is 0 Å². The summed E-state index contributed by atoms with van der Waals surface area (Å²) in [7, 11) is 0. The third-order valence-electron chi connectivity index (χ3n) is 6.03. The Kier molecular flexibility index (Phi) is 7.46. The number of aromatic nitrogens is 2. The zero-order valence-corrected chi connectivity index (χ0v) is 18.3. The number of hydrogen-bond donors (Lipinski definition) is 1. The number of carbonyl (C=O) groups excluding carboxylic acids is 1. The number of likely N-dealkylation sites (tertiary alicyclic amines) is 1. The molecule has 1 fully saturated rings. The number of benzene rings is 2. The minimum absolute atomic E-state index is 0.0138. The SMILES string of the molecule is O=C(Cn1ccnc(NC2CCN(CCCc3ccccc3)CC2)c1=O)c1ccccc1. The first-order valence-electron chi connectivity index (χ1n) is 11.4. The van der Waals surface area contributed by atoms with Gasteiger partial charge in [0.1, 0.15) is 0 Å². The lowest BCUT2D eigenvalue weighted by Crippen LogP contribution is -2.41. The maximum Gasteiger partial charge on any atom is 0.293 e. The summed E-state index contributed by atoms with van der Waals surface area (Å²) in [6, 6.07) is 19.9. The van der Waals surface area contributed by atoms with Crippen LogP contribution in [0.2, 0.25) is 0 Å². The van der Waals surface area contributed by atoms with Crippen LogP contribution in [0.25, 0.3) is 0 Å². The maximum atomic E-state index is 12.8. The zero-order chi connectivity index (χ0) is 22.2. The number of aryl methyl sites for hydroxylation is 1. The van der Waals surface area contributed by atoms with Crippen LogP contribution in [0.15, 0.2) is 77.9 Å². The van der Waals surface area contributed by atoms with Crippen molar-refractivity contribution in [3.8, 4) is 0 Å². The average Bonchev–Trinajstić information content (AvgIpc) is 2.84. The molecule has 2 heterocycles. The number of piperidine rings is 1. The van der Waals surface area contributed by atoms with Crippen LogP contribution >= 0.6 is 0 Å². The normalized spacial score (nSPS) is 14.9. The highest BCUT2D eigenvalue weighted by Crippen LogP contribution is 2.15. The minimum Gasteiger partial charge on any atom is -0.363 e. The van der Waals surface area contributed by atoms with Crippen LogP contribution in [0.4, 0.5) is 5.82 Å². The monoisotopic (exact) mass is 430 g/mol. The van der Waals surface area contributed by atoms with Crippen molar-refractivity contribution < 1.29 is 4.79 Å². The molecule has 0 atom stereocenters. The van der Waals surface area contributed by atoms with Gasteiger partial charge in [-0.05, 0) is 37.8 Å². The Morgan fingerprint density at radius 2 is 1.69 bits per heavy atom. The van der Waals surface area contributed by atoms with Gasteiger partial charge in [0.15, 0.2) is 11.6 Å². The molecule has 166 valence electrons. The molecule has 0 unspecified atom stereocenters. The first-order valence-corrected chi connectivity index (χ1v) is 11.4. The molecule has 6 heteroatoms. The predicted molar refractivity (Wildman–Crippen MR) is 127 cm³/mol. The Balaban J connectivity index is 1.26. The van der Waals surface area contributed by atoms with E-state index in [2.05, 4.69) is 45.5 Å². The molecule has 4 rings (SSSR count). The lowest BCUT2D eigenvalue weighted by molar-refractivity contribution is 0.0971. The van der Waals surface area contributed by atoms with E-state index in [9.17, 15) is 9.59 Å². The van der Waals surface area contributed by atoms with Gasteiger partial charge in [-0.2, -0.15) is 0 Å². The van der Waals surface area contributed by atoms with E-state index >= 15 is 0 Å². The second-order valence-electron chi connectivity index (χ2n) is 8.35. The predicted octanol–water partition coefficient (Wildman–Crippen LogP) is 3.64. The van der Waals surface area contributed by atoms with Gasteiger partial charge in [-0.15, -0.1) is 0 Å². The van der Waals surface area contributed by atoms with E-state index in [4.69, 9.17) is 0 Å². The molecular formula is C26H30N4O2. The number of ketones is 1. The van der Waals surface area contributed by atoms with E-state index in [0.717, 1.165) is 45.3 Å². The van der Waals surface area contributed by atoms with Crippen molar-refractivity contribution in [2.45, 2.75) is 38.3 Å². The number of nitrogens with one attached hydrogen (secondary N) is 1. The van der Waals surface area contributed by atoms with Crippen LogP contribution in [0, 0.1) is 0 Å². The average molecular weight is 431 g/mol. The van der Waals surface area contributed by atoms with Crippen molar-refractivity contribution in [3.05, 3.63) is 94.5 Å². The van der Waals surface area contributed by atoms with Crippen LogP contribution in [-0.4, -0.2) is 45.9 Å². The smallest absolute Gasteiger partial charge is 0.293 e. The fourth-order valence-electron chi connectivity index (χ4n) is 4.19. The Labute approximate surface area is 188 Å². The Morgan fingerprint density at radius 3 is 2.41 bits per heavy atom. The van der Waals surface area contributed by atoms with Gasteiger partial charge in [0.05, 0.1) is 6.54 Å². The Hall–Kier alpha value is -3.25. The second kappa shape index (κ2) is 10.9. The molecule has 1 aromatic heterocycles. The molecule has 0 spiro atoms. The lowest BCUT2D eigenvalue weighted by Gasteiger charge is -2.32. The van der Waals surface area contributed by atoms with Gasteiger partial charge >= 0.3 is 0 Å². The van der Waals surface area contributed by atoms with E-state index in [1.54, 1.807) is 24.5 Å².